The molecule has 1 aliphatic rings. The second-order valence-corrected chi connectivity index (χ2v) is 5.60. The fourth-order valence-corrected chi connectivity index (χ4v) is 3.20. The molecule has 22 heavy (non-hydrogen) atoms. The molecule has 0 aliphatic heterocycles. The Morgan fingerprint density at radius 2 is 2.27 bits per heavy atom. The molecule has 2 aromatic heterocycles. The molecule has 5 nitrogen and oxygen atoms in total. The highest BCUT2D eigenvalue weighted by Gasteiger charge is 2.22. The highest BCUT2D eigenvalue weighted by molar-refractivity contribution is 5.89. The first-order chi connectivity index (χ1) is 10.8. The Morgan fingerprint density at radius 1 is 1.36 bits per heavy atom. The van der Waals surface area contributed by atoms with Crippen LogP contribution in [0.1, 0.15) is 30.5 Å². The number of H-pyrrole nitrogens is 1. The van der Waals surface area contributed by atoms with Crippen LogP contribution < -0.4 is 10.5 Å². The summed E-state index contributed by atoms with van der Waals surface area (Å²) in [5, 5.41) is 1.24. The van der Waals surface area contributed by atoms with Gasteiger partial charge in [0.05, 0.1) is 24.7 Å². The van der Waals surface area contributed by atoms with Gasteiger partial charge in [-0.3, -0.25) is 4.98 Å². The molecule has 0 fully saturated rings. The molecule has 2 heterocycles. The second kappa shape index (κ2) is 5.10. The molecular formula is C17H18N4O. The summed E-state index contributed by atoms with van der Waals surface area (Å²) in [6, 6.07) is 6.55. The maximum atomic E-state index is 6.16. The molecule has 5 heteroatoms. The normalized spacial score (nSPS) is 16.9. The van der Waals surface area contributed by atoms with Crippen LogP contribution in [-0.2, 0) is 6.42 Å². The van der Waals surface area contributed by atoms with Crippen LogP contribution in [0.25, 0.3) is 22.3 Å². The van der Waals surface area contributed by atoms with E-state index in [1.54, 1.807) is 12.4 Å². The fourth-order valence-electron chi connectivity index (χ4n) is 3.20. The highest BCUT2D eigenvalue weighted by Crippen LogP contribution is 2.36. The van der Waals surface area contributed by atoms with Crippen molar-refractivity contribution >= 4 is 10.9 Å². The van der Waals surface area contributed by atoms with Gasteiger partial charge in [0.25, 0.3) is 0 Å². The average molecular weight is 294 g/mol. The minimum absolute atomic E-state index is 0.166. The summed E-state index contributed by atoms with van der Waals surface area (Å²) in [6.07, 6.45) is 5.44. The van der Waals surface area contributed by atoms with Crippen LogP contribution in [0, 0.1) is 0 Å². The number of nitrogens with zero attached hydrogens (tertiary/aromatic N) is 2. The first-order valence-corrected chi connectivity index (χ1v) is 7.61. The summed E-state index contributed by atoms with van der Waals surface area (Å²) in [7, 11) is 0. The molecule has 3 aromatic rings. The zero-order chi connectivity index (χ0) is 15.1. The molecule has 1 atom stereocenters. The Bertz CT molecular complexity index is 840. The first-order valence-electron chi connectivity index (χ1n) is 7.61. The number of hydrogen-bond donors (Lipinski definition) is 2. The number of fused-ring (bicyclic) bond motifs is 3. The monoisotopic (exact) mass is 294 g/mol. The number of aromatic amines is 1. The zero-order valence-electron chi connectivity index (χ0n) is 12.5. The van der Waals surface area contributed by atoms with E-state index in [1.807, 2.05) is 6.92 Å². The largest absolute Gasteiger partial charge is 0.477 e. The standard InChI is InChI=1S/C17H18N4O/c1-2-22-17-9-19-8-16(21-17)15-7-12-10-3-5-13(18)11(10)4-6-14(12)20-15/h4,6-9,13,20H,2-3,5,18H2,1H3. The zero-order valence-corrected chi connectivity index (χ0v) is 12.5. The van der Waals surface area contributed by atoms with Gasteiger partial charge < -0.3 is 15.5 Å². The predicted molar refractivity (Wildman–Crippen MR) is 85.7 cm³/mol. The maximum absolute atomic E-state index is 6.16. The second-order valence-electron chi connectivity index (χ2n) is 5.60. The van der Waals surface area contributed by atoms with E-state index in [0.717, 1.165) is 29.7 Å². The lowest BCUT2D eigenvalue weighted by atomic mass is 10.0. The predicted octanol–water partition coefficient (Wildman–Crippen LogP) is 2.97. The van der Waals surface area contributed by atoms with Gasteiger partial charge in [0.1, 0.15) is 5.69 Å². The van der Waals surface area contributed by atoms with Crippen LogP contribution >= 0.6 is 0 Å². The number of nitrogens with one attached hydrogen (secondary N) is 1. The van der Waals surface area contributed by atoms with Gasteiger partial charge in [-0.1, -0.05) is 6.07 Å². The molecule has 1 aromatic carbocycles. The summed E-state index contributed by atoms with van der Waals surface area (Å²) < 4.78 is 5.43. The van der Waals surface area contributed by atoms with E-state index in [4.69, 9.17) is 10.5 Å². The van der Waals surface area contributed by atoms with Gasteiger partial charge in [-0.25, -0.2) is 4.98 Å². The van der Waals surface area contributed by atoms with Crippen molar-refractivity contribution in [2.24, 2.45) is 5.73 Å². The van der Waals surface area contributed by atoms with Gasteiger partial charge >= 0.3 is 0 Å². The number of aryl methyl sites for hydroxylation is 1. The van der Waals surface area contributed by atoms with Crippen molar-refractivity contribution in [3.8, 4) is 17.3 Å². The molecule has 1 unspecified atom stereocenters. The van der Waals surface area contributed by atoms with Crippen molar-refractivity contribution in [2.45, 2.75) is 25.8 Å². The van der Waals surface area contributed by atoms with Crippen molar-refractivity contribution < 1.29 is 4.74 Å². The maximum Gasteiger partial charge on any atom is 0.232 e. The van der Waals surface area contributed by atoms with Gasteiger partial charge in [0, 0.05) is 16.9 Å². The van der Waals surface area contributed by atoms with E-state index < -0.39 is 0 Å². The van der Waals surface area contributed by atoms with E-state index in [2.05, 4.69) is 33.2 Å². The molecule has 0 spiro atoms. The average Bonchev–Trinajstić information content (AvgIpc) is 3.11. The lowest BCUT2D eigenvalue weighted by molar-refractivity contribution is 0.325. The quantitative estimate of drug-likeness (QED) is 0.778. The van der Waals surface area contributed by atoms with Crippen molar-refractivity contribution in [3.05, 3.63) is 41.7 Å². The van der Waals surface area contributed by atoms with Crippen molar-refractivity contribution in [1.82, 2.24) is 15.0 Å². The number of hydrogen-bond acceptors (Lipinski definition) is 4. The summed E-state index contributed by atoms with van der Waals surface area (Å²) in [6.45, 7) is 2.51. The van der Waals surface area contributed by atoms with Crippen molar-refractivity contribution in [2.75, 3.05) is 6.61 Å². The Balaban J connectivity index is 1.82. The first kappa shape index (κ1) is 13.3. The third kappa shape index (κ3) is 2.05. The number of rotatable bonds is 3. The Labute approximate surface area is 128 Å². The SMILES string of the molecule is CCOc1cncc(-c2cc3c4c(ccc3[nH]2)C(N)CC4)n1. The van der Waals surface area contributed by atoms with Gasteiger partial charge in [-0.15, -0.1) is 0 Å². The third-order valence-electron chi connectivity index (χ3n) is 4.24. The van der Waals surface area contributed by atoms with Crippen molar-refractivity contribution in [1.29, 1.82) is 0 Å². The molecular weight excluding hydrogens is 276 g/mol. The van der Waals surface area contributed by atoms with E-state index in [-0.39, 0.29) is 6.04 Å². The van der Waals surface area contributed by atoms with Crippen molar-refractivity contribution in [3.63, 3.8) is 0 Å². The van der Waals surface area contributed by atoms with Crippen LogP contribution in [0.2, 0.25) is 0 Å². The molecule has 112 valence electrons. The van der Waals surface area contributed by atoms with Crippen LogP contribution in [0.15, 0.2) is 30.6 Å². The van der Waals surface area contributed by atoms with E-state index >= 15 is 0 Å². The number of nitrogens with two attached hydrogens (primary N) is 1. The smallest absolute Gasteiger partial charge is 0.232 e. The van der Waals surface area contributed by atoms with Crippen LogP contribution in [-0.4, -0.2) is 21.6 Å². The van der Waals surface area contributed by atoms with Gasteiger partial charge in [0.2, 0.25) is 5.88 Å². The Kier molecular flexibility index (Phi) is 3.08. The molecule has 3 N–H and O–H groups in total. The van der Waals surface area contributed by atoms with Crippen LogP contribution in [0.4, 0.5) is 0 Å². The fraction of sp³-hybridized carbons (Fsp3) is 0.294. The van der Waals surface area contributed by atoms with E-state index in [9.17, 15) is 0 Å². The van der Waals surface area contributed by atoms with Crippen LogP contribution in [0.3, 0.4) is 0 Å². The van der Waals surface area contributed by atoms with Gasteiger partial charge in [-0.2, -0.15) is 0 Å². The topological polar surface area (TPSA) is 76.8 Å². The summed E-state index contributed by atoms with van der Waals surface area (Å²) in [5.74, 6) is 0.547. The lowest BCUT2D eigenvalue weighted by Gasteiger charge is -2.04. The molecule has 0 saturated carbocycles. The van der Waals surface area contributed by atoms with Gasteiger partial charge in [-0.05, 0) is 43.0 Å². The Hall–Kier alpha value is -2.40. The number of aromatic nitrogens is 3. The molecule has 1 aliphatic carbocycles. The minimum Gasteiger partial charge on any atom is -0.477 e. The summed E-state index contributed by atoms with van der Waals surface area (Å²) in [5.41, 5.74) is 11.7. The summed E-state index contributed by atoms with van der Waals surface area (Å²) in [4.78, 5) is 12.1. The molecule has 0 bridgehead atoms. The van der Waals surface area contributed by atoms with Crippen LogP contribution in [0.5, 0.6) is 5.88 Å². The number of benzene rings is 1. The highest BCUT2D eigenvalue weighted by atomic mass is 16.5. The minimum atomic E-state index is 0.166. The van der Waals surface area contributed by atoms with E-state index in [1.165, 1.54) is 16.5 Å². The van der Waals surface area contributed by atoms with E-state index in [0.29, 0.717) is 12.5 Å². The molecule has 0 amide bonds. The molecule has 4 rings (SSSR count). The molecule has 0 saturated heterocycles. The summed E-state index contributed by atoms with van der Waals surface area (Å²) >= 11 is 0. The number of ether oxygens (including phenoxy) is 1. The lowest BCUT2D eigenvalue weighted by Crippen LogP contribution is -2.04. The Morgan fingerprint density at radius 3 is 3.14 bits per heavy atom. The third-order valence-corrected chi connectivity index (χ3v) is 4.24. The van der Waals surface area contributed by atoms with Gasteiger partial charge in [0.15, 0.2) is 0 Å². The molecule has 0 radical (unpaired) electrons.